The van der Waals surface area contributed by atoms with Gasteiger partial charge in [0.2, 0.25) is 0 Å². The third-order valence-corrected chi connectivity index (χ3v) is 3.82. The zero-order chi connectivity index (χ0) is 17.3. The average molecular weight is 324 g/mol. The minimum absolute atomic E-state index is 0.0345. The van der Waals surface area contributed by atoms with Gasteiger partial charge in [0.05, 0.1) is 17.6 Å². The van der Waals surface area contributed by atoms with Gasteiger partial charge in [0.25, 0.3) is 5.69 Å². The van der Waals surface area contributed by atoms with E-state index in [1.165, 1.54) is 12.1 Å². The Hall–Kier alpha value is -3.35. The molecule has 0 aliphatic rings. The summed E-state index contributed by atoms with van der Waals surface area (Å²) < 4.78 is 6.76. The molecule has 0 bridgehead atoms. The molecule has 0 spiro atoms. The number of benzene rings is 2. The smallest absolute Gasteiger partial charge is 0.269 e. The number of nitrogens with two attached hydrogens (primary N) is 1. The Balaban J connectivity index is 2.11. The summed E-state index contributed by atoms with van der Waals surface area (Å²) in [6, 6.07) is 13.8. The fourth-order valence-corrected chi connectivity index (χ4v) is 2.52. The van der Waals surface area contributed by atoms with E-state index in [0.29, 0.717) is 11.5 Å². The summed E-state index contributed by atoms with van der Waals surface area (Å²) >= 11 is 0. The van der Waals surface area contributed by atoms with Gasteiger partial charge in [-0.1, -0.05) is 0 Å². The zero-order valence-corrected chi connectivity index (χ0v) is 13.3. The van der Waals surface area contributed by atoms with Crippen LogP contribution in [0, 0.1) is 10.1 Å². The van der Waals surface area contributed by atoms with Crippen molar-refractivity contribution in [2.75, 3.05) is 12.8 Å². The van der Waals surface area contributed by atoms with E-state index in [4.69, 9.17) is 10.5 Å². The van der Waals surface area contributed by atoms with Crippen molar-refractivity contribution in [3.05, 3.63) is 58.6 Å². The Kier molecular flexibility index (Phi) is 3.91. The van der Waals surface area contributed by atoms with Gasteiger partial charge in [-0.3, -0.25) is 14.8 Å². The number of anilines is 1. The molecular formula is C17H16N4O3. The molecule has 0 saturated heterocycles. The molecule has 0 unspecified atom stereocenters. The Morgan fingerprint density at radius 1 is 1.08 bits per heavy atom. The lowest BCUT2D eigenvalue weighted by atomic mass is 10.0. The fraction of sp³-hybridized carbons (Fsp3) is 0.118. The topological polar surface area (TPSA) is 96.2 Å². The lowest BCUT2D eigenvalue weighted by molar-refractivity contribution is -0.384. The van der Waals surface area contributed by atoms with Crippen molar-refractivity contribution in [1.82, 2.24) is 9.78 Å². The van der Waals surface area contributed by atoms with Gasteiger partial charge < -0.3 is 10.5 Å². The standard InChI is InChI=1S/C17H16N4O3/c1-20-17(18)15(11-3-7-13(8-4-11)21(22)23)16(19-20)12-5-9-14(24-2)10-6-12/h3-10H,18H2,1-2H3. The number of non-ortho nitro benzene ring substituents is 1. The number of aromatic nitrogens is 2. The summed E-state index contributed by atoms with van der Waals surface area (Å²) in [7, 11) is 3.37. The van der Waals surface area contributed by atoms with Gasteiger partial charge in [-0.2, -0.15) is 5.10 Å². The van der Waals surface area contributed by atoms with Gasteiger partial charge >= 0.3 is 0 Å². The second-order valence-electron chi connectivity index (χ2n) is 5.26. The van der Waals surface area contributed by atoms with Crippen LogP contribution in [0.3, 0.4) is 0 Å². The molecule has 3 rings (SSSR count). The van der Waals surface area contributed by atoms with Crippen molar-refractivity contribution >= 4 is 11.5 Å². The molecule has 122 valence electrons. The van der Waals surface area contributed by atoms with E-state index in [1.54, 1.807) is 31.0 Å². The molecule has 0 radical (unpaired) electrons. The summed E-state index contributed by atoms with van der Waals surface area (Å²) in [5, 5.41) is 15.3. The number of ether oxygens (including phenoxy) is 1. The third-order valence-electron chi connectivity index (χ3n) is 3.82. The van der Waals surface area contributed by atoms with E-state index in [1.807, 2.05) is 24.3 Å². The molecule has 7 nitrogen and oxygen atoms in total. The van der Waals surface area contributed by atoms with Crippen LogP contribution in [0.4, 0.5) is 11.5 Å². The number of nitro benzene ring substituents is 1. The first-order valence-electron chi connectivity index (χ1n) is 7.23. The first-order valence-corrected chi connectivity index (χ1v) is 7.23. The largest absolute Gasteiger partial charge is 0.497 e. The molecule has 0 atom stereocenters. The summed E-state index contributed by atoms with van der Waals surface area (Å²) in [4.78, 5) is 10.4. The van der Waals surface area contributed by atoms with Crippen molar-refractivity contribution in [2.45, 2.75) is 0 Å². The van der Waals surface area contributed by atoms with E-state index in [0.717, 1.165) is 22.4 Å². The maximum absolute atomic E-state index is 10.8. The molecule has 24 heavy (non-hydrogen) atoms. The average Bonchev–Trinajstić information content (AvgIpc) is 2.90. The van der Waals surface area contributed by atoms with Crippen LogP contribution < -0.4 is 10.5 Å². The second-order valence-corrected chi connectivity index (χ2v) is 5.26. The molecule has 0 aliphatic heterocycles. The van der Waals surface area contributed by atoms with Gasteiger partial charge in [-0.05, 0) is 42.0 Å². The zero-order valence-electron chi connectivity index (χ0n) is 13.3. The predicted octanol–water partition coefficient (Wildman–Crippen LogP) is 3.25. The maximum atomic E-state index is 10.8. The number of hydrogen-bond acceptors (Lipinski definition) is 5. The van der Waals surface area contributed by atoms with Crippen LogP contribution in [0.25, 0.3) is 22.4 Å². The van der Waals surface area contributed by atoms with Crippen molar-refractivity contribution in [3.63, 3.8) is 0 Å². The van der Waals surface area contributed by atoms with E-state index in [2.05, 4.69) is 5.10 Å². The van der Waals surface area contributed by atoms with Crippen LogP contribution in [-0.2, 0) is 7.05 Å². The number of hydrogen-bond donors (Lipinski definition) is 1. The number of nitro groups is 1. The van der Waals surface area contributed by atoms with Gasteiger partial charge in [0.1, 0.15) is 17.3 Å². The molecule has 1 aromatic heterocycles. The van der Waals surface area contributed by atoms with Crippen molar-refractivity contribution in [2.24, 2.45) is 7.05 Å². The van der Waals surface area contributed by atoms with Crippen molar-refractivity contribution in [3.8, 4) is 28.1 Å². The summed E-state index contributed by atoms with van der Waals surface area (Å²) in [5.74, 6) is 1.24. The van der Waals surface area contributed by atoms with Gasteiger partial charge in [0, 0.05) is 24.7 Å². The number of aryl methyl sites for hydroxylation is 1. The van der Waals surface area contributed by atoms with Gasteiger partial charge in [0.15, 0.2) is 0 Å². The van der Waals surface area contributed by atoms with E-state index in [9.17, 15) is 10.1 Å². The summed E-state index contributed by atoms with van der Waals surface area (Å²) in [6.45, 7) is 0. The van der Waals surface area contributed by atoms with Gasteiger partial charge in [-0.15, -0.1) is 0 Å². The minimum atomic E-state index is -0.430. The summed E-state index contributed by atoms with van der Waals surface area (Å²) in [5.41, 5.74) is 9.33. The van der Waals surface area contributed by atoms with Crippen LogP contribution in [0.2, 0.25) is 0 Å². The maximum Gasteiger partial charge on any atom is 0.269 e. The lowest BCUT2D eigenvalue weighted by Gasteiger charge is -2.05. The highest BCUT2D eigenvalue weighted by Crippen LogP contribution is 2.36. The lowest BCUT2D eigenvalue weighted by Crippen LogP contribution is -1.98. The Bertz CT molecular complexity index is 883. The number of nitrogen functional groups attached to an aromatic ring is 1. The van der Waals surface area contributed by atoms with Crippen LogP contribution in [0.1, 0.15) is 0 Å². The quantitative estimate of drug-likeness (QED) is 0.587. The molecule has 2 N–H and O–H groups in total. The SMILES string of the molecule is COc1ccc(-c2nn(C)c(N)c2-c2ccc([N+](=O)[O-])cc2)cc1. The molecule has 0 saturated carbocycles. The van der Waals surface area contributed by atoms with E-state index >= 15 is 0 Å². The molecule has 3 aromatic rings. The third kappa shape index (κ3) is 2.67. The Morgan fingerprint density at radius 2 is 1.67 bits per heavy atom. The van der Waals surface area contributed by atoms with Crippen LogP contribution in [-0.4, -0.2) is 21.8 Å². The molecule has 2 aromatic carbocycles. The summed E-state index contributed by atoms with van der Waals surface area (Å²) in [6.07, 6.45) is 0. The second kappa shape index (κ2) is 6.04. The van der Waals surface area contributed by atoms with Crippen molar-refractivity contribution in [1.29, 1.82) is 0 Å². The first-order chi connectivity index (χ1) is 11.5. The number of methoxy groups -OCH3 is 1. The monoisotopic (exact) mass is 324 g/mol. The first kappa shape index (κ1) is 15.5. The van der Waals surface area contributed by atoms with Crippen LogP contribution in [0.5, 0.6) is 5.75 Å². The van der Waals surface area contributed by atoms with E-state index < -0.39 is 4.92 Å². The number of nitrogens with zero attached hydrogens (tertiary/aromatic N) is 3. The van der Waals surface area contributed by atoms with E-state index in [-0.39, 0.29) is 5.69 Å². The molecular weight excluding hydrogens is 308 g/mol. The number of rotatable bonds is 4. The molecule has 0 amide bonds. The highest BCUT2D eigenvalue weighted by atomic mass is 16.6. The Labute approximate surface area is 138 Å². The molecule has 0 aliphatic carbocycles. The molecule has 7 heteroatoms. The fourth-order valence-electron chi connectivity index (χ4n) is 2.52. The predicted molar refractivity (Wildman–Crippen MR) is 91.7 cm³/mol. The van der Waals surface area contributed by atoms with Crippen LogP contribution >= 0.6 is 0 Å². The van der Waals surface area contributed by atoms with Crippen LogP contribution in [0.15, 0.2) is 48.5 Å². The minimum Gasteiger partial charge on any atom is -0.497 e. The highest BCUT2D eigenvalue weighted by molar-refractivity contribution is 5.88. The Morgan fingerprint density at radius 3 is 2.21 bits per heavy atom. The van der Waals surface area contributed by atoms with Crippen molar-refractivity contribution < 1.29 is 9.66 Å². The van der Waals surface area contributed by atoms with Gasteiger partial charge in [-0.25, -0.2) is 0 Å². The molecule has 0 fully saturated rings. The molecule has 1 heterocycles. The normalized spacial score (nSPS) is 10.6. The highest BCUT2D eigenvalue weighted by Gasteiger charge is 2.18.